The number of benzene rings is 2. The van der Waals surface area contributed by atoms with Crippen molar-refractivity contribution in [2.75, 3.05) is 0 Å². The lowest BCUT2D eigenvalue weighted by molar-refractivity contribution is 0.443. The molecule has 2 aromatic carbocycles. The first-order valence-corrected chi connectivity index (χ1v) is 7.72. The van der Waals surface area contributed by atoms with Crippen LogP contribution in [0.2, 0.25) is 5.02 Å². The second-order valence-electron chi connectivity index (χ2n) is 5.41. The first-order chi connectivity index (χ1) is 10.1. The molecule has 2 atom stereocenters. The highest BCUT2D eigenvalue weighted by Gasteiger charge is 2.13. The molecule has 2 aromatic rings. The fourth-order valence-electron chi connectivity index (χ4n) is 2.55. The fraction of sp³-hybridized carbons (Fsp3) is 0.333. The molecule has 21 heavy (non-hydrogen) atoms. The summed E-state index contributed by atoms with van der Waals surface area (Å²) in [6, 6.07) is 15.3. The van der Waals surface area contributed by atoms with Crippen LogP contribution in [0.3, 0.4) is 0 Å². The zero-order chi connectivity index (χ0) is 15.2. The van der Waals surface area contributed by atoms with Crippen LogP contribution in [0, 0.1) is 5.82 Å². The van der Waals surface area contributed by atoms with E-state index in [1.165, 1.54) is 17.7 Å². The van der Waals surface area contributed by atoms with Gasteiger partial charge in [0.25, 0.3) is 0 Å². The largest absolute Gasteiger partial charge is 0.307 e. The molecule has 0 aliphatic rings. The summed E-state index contributed by atoms with van der Waals surface area (Å²) in [4.78, 5) is 0. The second-order valence-corrected chi connectivity index (χ2v) is 5.85. The lowest BCUT2D eigenvalue weighted by Crippen LogP contribution is -2.32. The van der Waals surface area contributed by atoms with Gasteiger partial charge in [0.2, 0.25) is 0 Å². The molecule has 0 saturated heterocycles. The third kappa shape index (κ3) is 4.83. The zero-order valence-electron chi connectivity index (χ0n) is 12.4. The Balaban J connectivity index is 1.99. The van der Waals surface area contributed by atoms with Gasteiger partial charge in [0, 0.05) is 17.1 Å². The van der Waals surface area contributed by atoms with Crippen LogP contribution in [0.5, 0.6) is 0 Å². The Morgan fingerprint density at radius 3 is 2.48 bits per heavy atom. The van der Waals surface area contributed by atoms with E-state index in [0.717, 1.165) is 23.4 Å². The van der Waals surface area contributed by atoms with E-state index in [1.54, 1.807) is 0 Å². The Hall–Kier alpha value is -1.38. The molecule has 0 aromatic heterocycles. The molecule has 0 aliphatic carbocycles. The summed E-state index contributed by atoms with van der Waals surface area (Å²) in [7, 11) is 0. The Bertz CT molecular complexity index is 568. The zero-order valence-corrected chi connectivity index (χ0v) is 13.2. The van der Waals surface area contributed by atoms with Crippen LogP contribution in [0.25, 0.3) is 0 Å². The fourth-order valence-corrected chi connectivity index (χ4v) is 2.75. The molecule has 1 N–H and O–H groups in total. The van der Waals surface area contributed by atoms with Gasteiger partial charge in [-0.2, -0.15) is 0 Å². The van der Waals surface area contributed by atoms with Crippen LogP contribution in [0.15, 0.2) is 48.5 Å². The maximum atomic E-state index is 12.9. The summed E-state index contributed by atoms with van der Waals surface area (Å²) in [6.45, 7) is 4.31. The molecule has 112 valence electrons. The molecule has 0 bridgehead atoms. The van der Waals surface area contributed by atoms with Crippen LogP contribution in [-0.4, -0.2) is 6.04 Å². The molecular formula is C18H21ClFN. The molecule has 0 aliphatic heterocycles. The van der Waals surface area contributed by atoms with Crippen molar-refractivity contribution in [1.82, 2.24) is 5.32 Å². The van der Waals surface area contributed by atoms with Crippen LogP contribution in [-0.2, 0) is 6.42 Å². The lowest BCUT2D eigenvalue weighted by atomic mass is 10.0. The van der Waals surface area contributed by atoms with Gasteiger partial charge >= 0.3 is 0 Å². The number of nitrogens with one attached hydrogen (secondary N) is 1. The number of hydrogen-bond donors (Lipinski definition) is 1. The van der Waals surface area contributed by atoms with E-state index in [9.17, 15) is 4.39 Å². The summed E-state index contributed by atoms with van der Waals surface area (Å²) < 4.78 is 12.9. The Kier molecular flexibility index (Phi) is 5.77. The normalized spacial score (nSPS) is 13.9. The van der Waals surface area contributed by atoms with Gasteiger partial charge in [-0.3, -0.25) is 0 Å². The van der Waals surface area contributed by atoms with Crippen LogP contribution in [0.4, 0.5) is 4.39 Å². The van der Waals surface area contributed by atoms with Gasteiger partial charge in [-0.15, -0.1) is 0 Å². The minimum absolute atomic E-state index is 0.190. The topological polar surface area (TPSA) is 12.0 Å². The number of rotatable bonds is 6. The van der Waals surface area contributed by atoms with E-state index in [4.69, 9.17) is 11.6 Å². The van der Waals surface area contributed by atoms with Crippen molar-refractivity contribution in [3.63, 3.8) is 0 Å². The van der Waals surface area contributed by atoms with Crippen molar-refractivity contribution in [3.8, 4) is 0 Å². The first-order valence-electron chi connectivity index (χ1n) is 7.34. The van der Waals surface area contributed by atoms with E-state index < -0.39 is 0 Å². The molecule has 2 unspecified atom stereocenters. The number of halogens is 2. The van der Waals surface area contributed by atoms with E-state index in [2.05, 4.69) is 25.2 Å². The van der Waals surface area contributed by atoms with E-state index in [1.807, 2.05) is 30.3 Å². The molecule has 3 heteroatoms. The lowest BCUT2D eigenvalue weighted by Gasteiger charge is -2.23. The average Bonchev–Trinajstić information content (AvgIpc) is 2.47. The highest BCUT2D eigenvalue weighted by Crippen LogP contribution is 2.21. The summed E-state index contributed by atoms with van der Waals surface area (Å²) >= 11 is 6.06. The van der Waals surface area contributed by atoms with Crippen molar-refractivity contribution in [1.29, 1.82) is 0 Å². The van der Waals surface area contributed by atoms with E-state index in [-0.39, 0.29) is 11.9 Å². The van der Waals surface area contributed by atoms with Crippen molar-refractivity contribution in [2.24, 2.45) is 0 Å². The van der Waals surface area contributed by atoms with Crippen molar-refractivity contribution in [3.05, 3.63) is 70.5 Å². The summed E-state index contributed by atoms with van der Waals surface area (Å²) in [5.74, 6) is -0.190. The summed E-state index contributed by atoms with van der Waals surface area (Å²) in [5, 5.41) is 4.38. The van der Waals surface area contributed by atoms with E-state index in [0.29, 0.717) is 6.04 Å². The van der Waals surface area contributed by atoms with Crippen molar-refractivity contribution in [2.45, 2.75) is 38.8 Å². The highest BCUT2D eigenvalue weighted by molar-refractivity contribution is 6.30. The predicted octanol–water partition coefficient (Wildman–Crippen LogP) is 5.15. The molecule has 0 radical (unpaired) electrons. The Morgan fingerprint density at radius 2 is 1.86 bits per heavy atom. The molecule has 1 nitrogen and oxygen atoms in total. The standard InChI is InChI=1S/C18H21ClFN/c1-3-18(15-5-4-6-16(19)12-15)21-13(2)11-14-7-9-17(20)10-8-14/h4-10,12-13,18,21H,3,11H2,1-2H3. The van der Waals surface area contributed by atoms with Gasteiger partial charge in [-0.05, 0) is 55.2 Å². The second kappa shape index (κ2) is 7.58. The molecule has 0 spiro atoms. The highest BCUT2D eigenvalue weighted by atomic mass is 35.5. The van der Waals surface area contributed by atoms with Gasteiger partial charge in [0.05, 0.1) is 0 Å². The van der Waals surface area contributed by atoms with Crippen LogP contribution >= 0.6 is 11.6 Å². The van der Waals surface area contributed by atoms with Gasteiger partial charge < -0.3 is 5.32 Å². The average molecular weight is 306 g/mol. The van der Waals surface area contributed by atoms with Crippen molar-refractivity contribution < 1.29 is 4.39 Å². The van der Waals surface area contributed by atoms with Gasteiger partial charge in [-0.25, -0.2) is 4.39 Å². The maximum absolute atomic E-state index is 12.9. The molecular weight excluding hydrogens is 285 g/mol. The smallest absolute Gasteiger partial charge is 0.123 e. The quantitative estimate of drug-likeness (QED) is 0.778. The Morgan fingerprint density at radius 1 is 1.14 bits per heavy atom. The maximum Gasteiger partial charge on any atom is 0.123 e. The summed E-state index contributed by atoms with van der Waals surface area (Å²) in [6.07, 6.45) is 1.87. The monoisotopic (exact) mass is 305 g/mol. The molecule has 0 amide bonds. The minimum atomic E-state index is -0.190. The van der Waals surface area contributed by atoms with Gasteiger partial charge in [-0.1, -0.05) is 42.8 Å². The Labute approximate surface area is 131 Å². The molecule has 0 heterocycles. The van der Waals surface area contributed by atoms with Crippen LogP contribution in [0.1, 0.15) is 37.4 Å². The summed E-state index contributed by atoms with van der Waals surface area (Å²) in [5.41, 5.74) is 2.34. The third-order valence-corrected chi connectivity index (χ3v) is 3.84. The predicted molar refractivity (Wildman–Crippen MR) is 87.2 cm³/mol. The SMILES string of the molecule is CCC(NC(C)Cc1ccc(F)cc1)c1cccc(Cl)c1. The van der Waals surface area contributed by atoms with Crippen LogP contribution < -0.4 is 5.32 Å². The first kappa shape index (κ1) is 16.0. The molecule has 2 rings (SSSR count). The van der Waals surface area contributed by atoms with E-state index >= 15 is 0 Å². The van der Waals surface area contributed by atoms with Gasteiger partial charge in [0.1, 0.15) is 5.82 Å². The number of hydrogen-bond acceptors (Lipinski definition) is 1. The third-order valence-electron chi connectivity index (χ3n) is 3.60. The van der Waals surface area contributed by atoms with Crippen molar-refractivity contribution >= 4 is 11.6 Å². The minimum Gasteiger partial charge on any atom is -0.307 e. The molecule has 0 saturated carbocycles. The molecule has 0 fully saturated rings. The van der Waals surface area contributed by atoms with Gasteiger partial charge in [0.15, 0.2) is 0 Å².